The Labute approximate surface area is 229 Å². The van der Waals surface area contributed by atoms with Crippen molar-refractivity contribution in [2.24, 2.45) is 11.8 Å². The minimum absolute atomic E-state index is 0.0895. The van der Waals surface area contributed by atoms with Crippen molar-refractivity contribution in [3.05, 3.63) is 71.3 Å². The van der Waals surface area contributed by atoms with Crippen molar-refractivity contribution in [2.45, 2.75) is 57.2 Å². The Hall–Kier alpha value is -2.87. The maximum absolute atomic E-state index is 13.2. The fraction of sp³-hybridized carbons (Fsp3) is 0.548. The largest absolute Gasteiger partial charge is 0.416 e. The molecule has 0 bridgehead atoms. The van der Waals surface area contributed by atoms with Crippen LogP contribution < -0.4 is 0 Å². The highest BCUT2D eigenvalue weighted by molar-refractivity contribution is 5.94. The molecule has 8 heteroatoms. The topological polar surface area (TPSA) is 43.9 Å². The van der Waals surface area contributed by atoms with E-state index in [1.54, 1.807) is 4.90 Å². The monoisotopic (exact) mass is 541 g/mol. The van der Waals surface area contributed by atoms with Crippen LogP contribution in [0.2, 0.25) is 0 Å². The second-order valence-corrected chi connectivity index (χ2v) is 11.4. The van der Waals surface area contributed by atoms with Gasteiger partial charge in [0.15, 0.2) is 0 Å². The summed E-state index contributed by atoms with van der Waals surface area (Å²) in [6.07, 6.45) is 2.10. The van der Waals surface area contributed by atoms with Crippen molar-refractivity contribution >= 4 is 11.8 Å². The van der Waals surface area contributed by atoms with Crippen LogP contribution >= 0.6 is 0 Å². The number of alkyl halides is 3. The van der Waals surface area contributed by atoms with Gasteiger partial charge >= 0.3 is 6.18 Å². The van der Waals surface area contributed by atoms with Crippen molar-refractivity contribution in [1.29, 1.82) is 0 Å². The smallest absolute Gasteiger partial charge is 0.342 e. The van der Waals surface area contributed by atoms with Crippen molar-refractivity contribution in [3.8, 4) is 0 Å². The fourth-order valence-corrected chi connectivity index (χ4v) is 6.52. The third-order valence-corrected chi connectivity index (χ3v) is 8.88. The van der Waals surface area contributed by atoms with Gasteiger partial charge in [-0.15, -0.1) is 0 Å². The van der Waals surface area contributed by atoms with E-state index in [-0.39, 0.29) is 17.4 Å². The van der Waals surface area contributed by atoms with E-state index in [1.807, 2.05) is 6.07 Å². The van der Waals surface area contributed by atoms with Gasteiger partial charge in [-0.1, -0.05) is 36.4 Å². The van der Waals surface area contributed by atoms with E-state index in [1.165, 1.54) is 17.7 Å². The van der Waals surface area contributed by atoms with Crippen molar-refractivity contribution in [2.75, 3.05) is 39.3 Å². The first-order chi connectivity index (χ1) is 18.8. The summed E-state index contributed by atoms with van der Waals surface area (Å²) in [6.45, 7) is 4.55. The quantitative estimate of drug-likeness (QED) is 0.502. The van der Waals surface area contributed by atoms with E-state index in [0.717, 1.165) is 83.3 Å². The van der Waals surface area contributed by atoms with Crippen molar-refractivity contribution in [3.63, 3.8) is 0 Å². The van der Waals surface area contributed by atoms with Crippen LogP contribution in [0.3, 0.4) is 0 Å². The zero-order valence-corrected chi connectivity index (χ0v) is 22.4. The minimum Gasteiger partial charge on any atom is -0.342 e. The molecule has 39 heavy (non-hydrogen) atoms. The molecular formula is C31H38F3N3O2. The maximum atomic E-state index is 13.2. The second-order valence-electron chi connectivity index (χ2n) is 11.4. The summed E-state index contributed by atoms with van der Waals surface area (Å²) in [7, 11) is 0. The van der Waals surface area contributed by atoms with Crippen LogP contribution in [0, 0.1) is 11.8 Å². The first-order valence-electron chi connectivity index (χ1n) is 14.3. The summed E-state index contributed by atoms with van der Waals surface area (Å²) >= 11 is 0. The van der Waals surface area contributed by atoms with Crippen molar-refractivity contribution in [1.82, 2.24) is 14.7 Å². The van der Waals surface area contributed by atoms with Gasteiger partial charge in [0.2, 0.25) is 5.91 Å². The molecule has 0 atom stereocenters. The van der Waals surface area contributed by atoms with Gasteiger partial charge in [0.1, 0.15) is 0 Å². The number of benzene rings is 2. The lowest BCUT2D eigenvalue weighted by atomic mass is 9.88. The third-order valence-electron chi connectivity index (χ3n) is 8.88. The molecule has 2 aromatic carbocycles. The van der Waals surface area contributed by atoms with E-state index in [0.29, 0.717) is 31.0 Å². The van der Waals surface area contributed by atoms with Gasteiger partial charge in [0, 0.05) is 43.7 Å². The molecule has 2 amide bonds. The van der Waals surface area contributed by atoms with E-state index in [2.05, 4.69) is 34.1 Å². The van der Waals surface area contributed by atoms with Crippen molar-refractivity contribution < 1.29 is 22.8 Å². The maximum Gasteiger partial charge on any atom is 0.416 e. The molecule has 3 heterocycles. The molecule has 0 aliphatic carbocycles. The highest BCUT2D eigenvalue weighted by atomic mass is 19.4. The molecule has 0 saturated carbocycles. The molecule has 0 unspecified atom stereocenters. The van der Waals surface area contributed by atoms with Crippen LogP contribution in [0.5, 0.6) is 0 Å². The van der Waals surface area contributed by atoms with Crippen LogP contribution in [-0.4, -0.2) is 71.8 Å². The van der Waals surface area contributed by atoms with Crippen LogP contribution in [-0.2, 0) is 17.4 Å². The Morgan fingerprint density at radius 1 is 0.744 bits per heavy atom. The summed E-state index contributed by atoms with van der Waals surface area (Å²) in [5.74, 6) is 0.713. The predicted octanol–water partition coefficient (Wildman–Crippen LogP) is 5.50. The molecular weight excluding hydrogens is 503 g/mol. The Morgan fingerprint density at radius 3 is 2.03 bits per heavy atom. The Morgan fingerprint density at radius 2 is 1.38 bits per heavy atom. The number of amides is 2. The molecule has 0 radical (unpaired) electrons. The predicted molar refractivity (Wildman–Crippen MR) is 144 cm³/mol. The lowest BCUT2D eigenvalue weighted by Gasteiger charge is -2.42. The summed E-state index contributed by atoms with van der Waals surface area (Å²) in [4.78, 5) is 32.3. The average Bonchev–Trinajstić information content (AvgIpc) is 2.97. The first-order valence-corrected chi connectivity index (χ1v) is 14.3. The molecule has 0 spiro atoms. The number of carbonyl (C=O) groups is 2. The number of piperidine rings is 3. The Bertz CT molecular complexity index is 1120. The number of nitrogens with zero attached hydrogens (tertiary/aromatic N) is 3. The second kappa shape index (κ2) is 12.1. The minimum atomic E-state index is -4.46. The molecule has 3 aliphatic heterocycles. The van der Waals surface area contributed by atoms with Gasteiger partial charge in [0.25, 0.3) is 5.91 Å². The standard InChI is InChI=1S/C31H38F3N3O2/c32-31(33,34)27-8-4-7-26(22-27)30(39)37-19-13-28(14-20-37)35-17-11-25(12-18-35)29(38)36-15-9-24(10-16-36)21-23-5-2-1-3-6-23/h1-8,22,24-25,28H,9-21H2. The molecule has 3 aliphatic rings. The summed E-state index contributed by atoms with van der Waals surface area (Å²) in [5.41, 5.74) is 0.671. The number of hydrogen-bond donors (Lipinski definition) is 0. The van der Waals surface area contributed by atoms with Crippen LogP contribution in [0.4, 0.5) is 13.2 Å². The average molecular weight is 542 g/mol. The third kappa shape index (κ3) is 6.83. The normalized spacial score (nSPS) is 20.8. The van der Waals surface area contributed by atoms with E-state index >= 15 is 0 Å². The van der Waals surface area contributed by atoms with Gasteiger partial charge in [-0.3, -0.25) is 9.59 Å². The highest BCUT2D eigenvalue weighted by Gasteiger charge is 2.35. The molecule has 0 aromatic heterocycles. The van der Waals surface area contributed by atoms with Gasteiger partial charge < -0.3 is 14.7 Å². The summed E-state index contributed by atoms with van der Waals surface area (Å²) < 4.78 is 39.1. The van der Waals surface area contributed by atoms with E-state index in [4.69, 9.17) is 0 Å². The molecule has 0 N–H and O–H groups in total. The summed E-state index contributed by atoms with van der Waals surface area (Å²) in [5, 5.41) is 0. The van der Waals surface area contributed by atoms with Gasteiger partial charge in [-0.25, -0.2) is 0 Å². The van der Waals surface area contributed by atoms with Crippen LogP contribution in [0.15, 0.2) is 54.6 Å². The number of rotatable bonds is 5. The zero-order valence-electron chi connectivity index (χ0n) is 22.4. The number of hydrogen-bond acceptors (Lipinski definition) is 3. The fourth-order valence-electron chi connectivity index (χ4n) is 6.52. The van der Waals surface area contributed by atoms with Crippen LogP contribution in [0.25, 0.3) is 0 Å². The highest BCUT2D eigenvalue weighted by Crippen LogP contribution is 2.31. The number of likely N-dealkylation sites (tertiary alicyclic amines) is 3. The molecule has 3 fully saturated rings. The molecule has 210 valence electrons. The SMILES string of the molecule is O=C(c1cccc(C(F)(F)F)c1)N1CCC(N2CCC(C(=O)N3CCC(Cc4ccccc4)CC3)CC2)CC1. The molecule has 3 saturated heterocycles. The first kappa shape index (κ1) is 27.7. The van der Waals surface area contributed by atoms with E-state index in [9.17, 15) is 22.8 Å². The molecule has 2 aromatic rings. The molecule has 5 nitrogen and oxygen atoms in total. The lowest BCUT2D eigenvalue weighted by Crippen LogP contribution is -2.51. The van der Waals surface area contributed by atoms with E-state index < -0.39 is 11.7 Å². The Kier molecular flexibility index (Phi) is 8.60. The zero-order chi connectivity index (χ0) is 27.4. The number of halogens is 3. The Balaban J connectivity index is 1.04. The number of carbonyl (C=O) groups excluding carboxylic acids is 2. The van der Waals surface area contributed by atoms with Gasteiger partial charge in [0.05, 0.1) is 5.56 Å². The molecule has 5 rings (SSSR count). The van der Waals surface area contributed by atoms with Gasteiger partial charge in [-0.05, 0) is 87.7 Å². The summed E-state index contributed by atoms with van der Waals surface area (Å²) in [6, 6.07) is 15.6. The van der Waals surface area contributed by atoms with Gasteiger partial charge in [-0.2, -0.15) is 13.2 Å². The lowest BCUT2D eigenvalue weighted by molar-refractivity contribution is -0.139. The van der Waals surface area contributed by atoms with Crippen LogP contribution in [0.1, 0.15) is 60.0 Å².